The third-order valence-corrected chi connectivity index (χ3v) is 6.09. The molecule has 31 heavy (non-hydrogen) atoms. The molecule has 1 heterocycles. The summed E-state index contributed by atoms with van der Waals surface area (Å²) in [5.41, 5.74) is -0.317. The molecule has 1 aromatic rings. The highest BCUT2D eigenvalue weighted by molar-refractivity contribution is 6.00. The highest BCUT2D eigenvalue weighted by Crippen LogP contribution is 2.54. The Labute approximate surface area is 183 Å². The number of nitrogens with one attached hydrogen (secondary N) is 1. The zero-order valence-electron chi connectivity index (χ0n) is 18.3. The molecule has 0 spiro atoms. The van der Waals surface area contributed by atoms with Crippen molar-refractivity contribution in [1.82, 2.24) is 4.90 Å². The molecular weight excluding hydrogens is 390 g/mol. The van der Waals surface area contributed by atoms with E-state index in [4.69, 9.17) is 14.9 Å². The van der Waals surface area contributed by atoms with Gasteiger partial charge in [0, 0.05) is 24.9 Å². The lowest BCUT2D eigenvalue weighted by Gasteiger charge is -2.47. The fourth-order valence-electron chi connectivity index (χ4n) is 4.58. The molecule has 1 N–H and O–H groups in total. The number of ether oxygens (including phenoxy) is 2. The number of nitrogens with zero attached hydrogens (tertiary/aromatic N) is 4. The van der Waals surface area contributed by atoms with Crippen molar-refractivity contribution in [3.05, 3.63) is 35.4 Å². The fourth-order valence-corrected chi connectivity index (χ4v) is 4.58. The summed E-state index contributed by atoms with van der Waals surface area (Å²) in [6.45, 7) is 5.92. The van der Waals surface area contributed by atoms with E-state index in [-0.39, 0.29) is 11.6 Å². The zero-order chi connectivity index (χ0) is 22.8. The molecule has 1 fully saturated rings. The second-order valence-corrected chi connectivity index (χ2v) is 8.63. The minimum Gasteiger partial charge on any atom is -0.493 e. The summed E-state index contributed by atoms with van der Waals surface area (Å²) in [4.78, 5) is 2.10. The molecule has 0 saturated heterocycles. The van der Waals surface area contributed by atoms with Gasteiger partial charge in [0.05, 0.1) is 37.6 Å². The number of rotatable bonds is 5. The van der Waals surface area contributed by atoms with Crippen molar-refractivity contribution in [1.29, 1.82) is 21.2 Å². The fraction of sp³-hybridized carbons (Fsp3) is 0.500. The van der Waals surface area contributed by atoms with Crippen LogP contribution in [0.5, 0.6) is 11.5 Å². The van der Waals surface area contributed by atoms with Gasteiger partial charge in [-0.05, 0) is 36.2 Å². The number of benzene rings is 1. The monoisotopic (exact) mass is 417 g/mol. The first kappa shape index (κ1) is 22.3. The maximum absolute atomic E-state index is 10.1. The number of methoxy groups -OCH3 is 1. The van der Waals surface area contributed by atoms with Crippen LogP contribution in [0.25, 0.3) is 0 Å². The molecule has 1 aliphatic heterocycles. The maximum atomic E-state index is 10.1. The van der Waals surface area contributed by atoms with E-state index in [0.29, 0.717) is 37.1 Å². The molecule has 0 amide bonds. The first-order valence-corrected chi connectivity index (χ1v) is 10.3. The Morgan fingerprint density at radius 1 is 1.23 bits per heavy atom. The Kier molecular flexibility index (Phi) is 6.34. The van der Waals surface area contributed by atoms with E-state index in [1.54, 1.807) is 19.2 Å². The summed E-state index contributed by atoms with van der Waals surface area (Å²) < 4.78 is 11.4. The van der Waals surface area contributed by atoms with E-state index in [1.807, 2.05) is 19.2 Å². The van der Waals surface area contributed by atoms with Crippen LogP contribution in [-0.4, -0.2) is 44.5 Å². The molecule has 3 rings (SSSR count). The molecule has 3 atom stereocenters. The Balaban J connectivity index is 2.16. The quantitative estimate of drug-likeness (QED) is 0.733. The van der Waals surface area contributed by atoms with E-state index in [9.17, 15) is 15.8 Å². The molecule has 7 nitrogen and oxygen atoms in total. The van der Waals surface area contributed by atoms with Crippen LogP contribution in [-0.2, 0) is 0 Å². The Morgan fingerprint density at radius 3 is 2.52 bits per heavy atom. The molecule has 7 heteroatoms. The van der Waals surface area contributed by atoms with Gasteiger partial charge in [-0.2, -0.15) is 15.8 Å². The van der Waals surface area contributed by atoms with E-state index in [0.717, 1.165) is 11.1 Å². The van der Waals surface area contributed by atoms with Gasteiger partial charge in [-0.1, -0.05) is 26.0 Å². The lowest BCUT2D eigenvalue weighted by atomic mass is 9.54. The van der Waals surface area contributed by atoms with Gasteiger partial charge < -0.3 is 19.8 Å². The molecule has 160 valence electrons. The first-order valence-electron chi connectivity index (χ1n) is 10.3. The van der Waals surface area contributed by atoms with E-state index in [1.165, 1.54) is 0 Å². The van der Waals surface area contributed by atoms with Gasteiger partial charge in [0.1, 0.15) is 5.92 Å². The van der Waals surface area contributed by atoms with E-state index in [2.05, 4.69) is 37.0 Å². The van der Waals surface area contributed by atoms with Gasteiger partial charge >= 0.3 is 0 Å². The van der Waals surface area contributed by atoms with Crippen molar-refractivity contribution < 1.29 is 9.47 Å². The highest BCUT2D eigenvalue weighted by Gasteiger charge is 2.57. The second kappa shape index (κ2) is 8.80. The SMILES string of the molecule is COc1cc([C@H]2[C@@H]3CN(C)CC=C3[C@@H](C#N)C(=N)C2(C#N)C#N)ccc1OCC(C)C. The van der Waals surface area contributed by atoms with Gasteiger partial charge in [-0.15, -0.1) is 0 Å². The van der Waals surface area contributed by atoms with Crippen LogP contribution in [0, 0.1) is 62.6 Å². The van der Waals surface area contributed by atoms with Crippen molar-refractivity contribution >= 4 is 5.71 Å². The summed E-state index contributed by atoms with van der Waals surface area (Å²) in [6.07, 6.45) is 1.97. The van der Waals surface area contributed by atoms with Crippen LogP contribution < -0.4 is 9.47 Å². The molecule has 0 unspecified atom stereocenters. The van der Waals surface area contributed by atoms with Gasteiger partial charge in [0.15, 0.2) is 16.9 Å². The summed E-state index contributed by atoms with van der Waals surface area (Å²) in [6, 6.07) is 11.8. The van der Waals surface area contributed by atoms with Crippen molar-refractivity contribution in [2.75, 3.05) is 33.9 Å². The molecule has 0 bridgehead atoms. The molecule has 1 saturated carbocycles. The van der Waals surface area contributed by atoms with Gasteiger partial charge in [0.2, 0.25) is 0 Å². The van der Waals surface area contributed by atoms with Crippen molar-refractivity contribution in [3.63, 3.8) is 0 Å². The van der Waals surface area contributed by atoms with E-state index >= 15 is 0 Å². The van der Waals surface area contributed by atoms with Crippen molar-refractivity contribution in [3.8, 4) is 29.7 Å². The van der Waals surface area contributed by atoms with Gasteiger partial charge in [-0.25, -0.2) is 0 Å². The predicted octanol–water partition coefficient (Wildman–Crippen LogP) is 3.51. The average molecular weight is 418 g/mol. The molecular formula is C24H27N5O2. The number of nitriles is 3. The van der Waals surface area contributed by atoms with Gasteiger partial charge in [-0.3, -0.25) is 0 Å². The minimum atomic E-state index is -1.73. The van der Waals surface area contributed by atoms with Crippen LogP contribution in [0.1, 0.15) is 25.3 Å². The van der Waals surface area contributed by atoms with Crippen LogP contribution in [0.15, 0.2) is 29.8 Å². The second-order valence-electron chi connectivity index (χ2n) is 8.63. The molecule has 1 aromatic carbocycles. The number of hydrogen-bond donors (Lipinski definition) is 1. The summed E-state index contributed by atoms with van der Waals surface area (Å²) in [7, 11) is 3.52. The van der Waals surface area contributed by atoms with Crippen molar-refractivity contribution in [2.24, 2.45) is 23.2 Å². The summed E-state index contributed by atoms with van der Waals surface area (Å²) >= 11 is 0. The van der Waals surface area contributed by atoms with Crippen LogP contribution >= 0.6 is 0 Å². The molecule has 1 aliphatic carbocycles. The lowest BCUT2D eigenvalue weighted by Crippen LogP contribution is -2.52. The standard InChI is InChI=1S/C24H27N5O2/c1-15(2)12-31-20-6-5-16(9-21(20)30-4)22-19-11-29(3)8-7-17(19)18(10-25)23(28)24(22,13-26)14-27/h5-7,9,15,18-19,22,28H,8,11-12H2,1-4H3/t18-,19-,22+/m1/s1. The van der Waals surface area contributed by atoms with Crippen molar-refractivity contribution in [2.45, 2.75) is 19.8 Å². The lowest BCUT2D eigenvalue weighted by molar-refractivity contribution is 0.233. The summed E-state index contributed by atoms with van der Waals surface area (Å²) in [5.74, 6) is -0.222. The Bertz CT molecular complexity index is 1010. The largest absolute Gasteiger partial charge is 0.493 e. The smallest absolute Gasteiger partial charge is 0.189 e. The Hall–Kier alpha value is -3.34. The first-order chi connectivity index (χ1) is 14.8. The predicted molar refractivity (Wildman–Crippen MR) is 116 cm³/mol. The molecule has 2 aliphatic rings. The topological polar surface area (TPSA) is 117 Å². The Morgan fingerprint density at radius 2 is 1.94 bits per heavy atom. The summed E-state index contributed by atoms with van der Waals surface area (Å²) in [5, 5.41) is 38.7. The number of hydrogen-bond acceptors (Lipinski definition) is 7. The number of likely N-dealkylation sites (N-methyl/N-ethyl adjacent to an activating group) is 1. The maximum Gasteiger partial charge on any atom is 0.189 e. The average Bonchev–Trinajstić information content (AvgIpc) is 2.77. The van der Waals surface area contributed by atoms with Crippen LogP contribution in [0.4, 0.5) is 0 Å². The zero-order valence-corrected chi connectivity index (χ0v) is 18.3. The highest BCUT2D eigenvalue weighted by atomic mass is 16.5. The van der Waals surface area contributed by atoms with E-state index < -0.39 is 17.3 Å². The number of fused-ring (bicyclic) bond motifs is 1. The normalized spacial score (nSPS) is 24.9. The molecule has 0 radical (unpaired) electrons. The third-order valence-electron chi connectivity index (χ3n) is 6.09. The third kappa shape index (κ3) is 3.76. The van der Waals surface area contributed by atoms with Crippen LogP contribution in [0.2, 0.25) is 0 Å². The van der Waals surface area contributed by atoms with Gasteiger partial charge in [0.25, 0.3) is 0 Å². The van der Waals surface area contributed by atoms with Crippen LogP contribution in [0.3, 0.4) is 0 Å². The minimum absolute atomic E-state index is 0.142. The molecule has 0 aromatic heterocycles.